The van der Waals surface area contributed by atoms with Crippen LogP contribution in [-0.4, -0.2) is 36.4 Å². The van der Waals surface area contributed by atoms with E-state index in [1.807, 2.05) is 44.2 Å². The molecule has 2 N–H and O–H groups in total. The van der Waals surface area contributed by atoms with E-state index >= 15 is 0 Å². The molecule has 1 atom stereocenters. The van der Waals surface area contributed by atoms with Gasteiger partial charge in [-0.15, -0.1) is 0 Å². The lowest BCUT2D eigenvalue weighted by Crippen LogP contribution is -2.37. The summed E-state index contributed by atoms with van der Waals surface area (Å²) in [6.07, 6.45) is 0. The molecule has 0 saturated heterocycles. The van der Waals surface area contributed by atoms with Crippen LogP contribution < -0.4 is 16.6 Å². The minimum absolute atomic E-state index is 0.0663. The molecule has 0 amide bonds. The largest absolute Gasteiger partial charge is 0.394 e. The van der Waals surface area contributed by atoms with Gasteiger partial charge in [-0.1, -0.05) is 44.2 Å². The highest BCUT2D eigenvalue weighted by molar-refractivity contribution is 5.74. The summed E-state index contributed by atoms with van der Waals surface area (Å²) in [6.45, 7) is 4.34. The molecule has 0 fully saturated rings. The molecule has 0 aliphatic heterocycles. The van der Waals surface area contributed by atoms with Crippen LogP contribution >= 0.6 is 0 Å². The molecule has 1 aromatic carbocycles. The fourth-order valence-electron chi connectivity index (χ4n) is 3.07. The van der Waals surface area contributed by atoms with Crippen molar-refractivity contribution in [1.82, 2.24) is 18.7 Å². The van der Waals surface area contributed by atoms with Crippen molar-refractivity contribution in [2.75, 3.05) is 11.9 Å². The van der Waals surface area contributed by atoms with Crippen molar-refractivity contribution in [3.63, 3.8) is 0 Å². The Morgan fingerprint density at radius 1 is 1.11 bits per heavy atom. The van der Waals surface area contributed by atoms with Gasteiger partial charge < -0.3 is 10.4 Å². The van der Waals surface area contributed by atoms with E-state index < -0.39 is 11.2 Å². The Morgan fingerprint density at radius 3 is 2.37 bits per heavy atom. The third kappa shape index (κ3) is 3.40. The first-order chi connectivity index (χ1) is 12.8. The number of aromatic nitrogens is 4. The van der Waals surface area contributed by atoms with Gasteiger partial charge in [0.2, 0.25) is 5.95 Å². The normalized spacial score (nSPS) is 12.7. The summed E-state index contributed by atoms with van der Waals surface area (Å²) in [5.74, 6) is 0.617. The number of aliphatic hydroxyl groups excluding tert-OH is 1. The van der Waals surface area contributed by atoms with Crippen molar-refractivity contribution in [2.24, 2.45) is 20.0 Å². The third-order valence-corrected chi connectivity index (χ3v) is 4.85. The average Bonchev–Trinajstić information content (AvgIpc) is 3.01. The Labute approximate surface area is 156 Å². The van der Waals surface area contributed by atoms with Crippen molar-refractivity contribution in [3.05, 3.63) is 56.7 Å². The maximum atomic E-state index is 12.8. The van der Waals surface area contributed by atoms with E-state index in [0.29, 0.717) is 23.7 Å². The first-order valence-corrected chi connectivity index (χ1v) is 8.92. The van der Waals surface area contributed by atoms with Crippen LogP contribution in [0.5, 0.6) is 0 Å². The summed E-state index contributed by atoms with van der Waals surface area (Å²) in [4.78, 5) is 29.6. The fourth-order valence-corrected chi connectivity index (χ4v) is 3.07. The van der Waals surface area contributed by atoms with Gasteiger partial charge in [-0.3, -0.25) is 18.5 Å². The highest BCUT2D eigenvalue weighted by Crippen LogP contribution is 2.20. The number of hydrogen-bond acceptors (Lipinski definition) is 5. The van der Waals surface area contributed by atoms with Crippen LogP contribution in [-0.2, 0) is 20.6 Å². The number of fused-ring (bicyclic) bond motifs is 1. The lowest BCUT2D eigenvalue weighted by Gasteiger charge is -2.21. The number of aliphatic hydroxyl groups is 1. The molecule has 8 nitrogen and oxygen atoms in total. The Hall–Kier alpha value is -2.87. The molecular formula is C19H25N5O3. The van der Waals surface area contributed by atoms with Gasteiger partial charge in [0.1, 0.15) is 0 Å². The lowest BCUT2D eigenvalue weighted by molar-refractivity contribution is 0.248. The molecule has 0 spiro atoms. The van der Waals surface area contributed by atoms with Gasteiger partial charge in [0.25, 0.3) is 5.56 Å². The highest BCUT2D eigenvalue weighted by atomic mass is 16.3. The number of hydrogen-bond donors (Lipinski definition) is 2. The predicted octanol–water partition coefficient (Wildman–Crippen LogP) is 0.911. The first kappa shape index (κ1) is 18.9. The van der Waals surface area contributed by atoms with Crippen molar-refractivity contribution in [2.45, 2.75) is 26.4 Å². The van der Waals surface area contributed by atoms with E-state index in [9.17, 15) is 14.7 Å². The van der Waals surface area contributed by atoms with E-state index in [0.717, 1.165) is 10.1 Å². The number of aryl methyl sites for hydroxylation is 1. The maximum Gasteiger partial charge on any atom is 0.332 e. The van der Waals surface area contributed by atoms with E-state index in [1.165, 1.54) is 11.6 Å². The zero-order chi connectivity index (χ0) is 19.7. The Bertz CT molecular complexity index is 1060. The lowest BCUT2D eigenvalue weighted by atomic mass is 10.1. The molecule has 0 aliphatic carbocycles. The van der Waals surface area contributed by atoms with Crippen LogP contribution in [0.1, 0.15) is 19.4 Å². The van der Waals surface area contributed by atoms with Crippen LogP contribution in [0.15, 0.2) is 39.9 Å². The average molecular weight is 371 g/mol. The van der Waals surface area contributed by atoms with Crippen LogP contribution in [0.25, 0.3) is 11.2 Å². The Morgan fingerprint density at radius 2 is 1.78 bits per heavy atom. The molecule has 27 heavy (non-hydrogen) atoms. The number of anilines is 1. The summed E-state index contributed by atoms with van der Waals surface area (Å²) in [5.41, 5.74) is 0.856. The maximum absolute atomic E-state index is 12.8. The number of imidazole rings is 1. The fraction of sp³-hybridized carbons (Fsp3) is 0.421. The third-order valence-electron chi connectivity index (χ3n) is 4.85. The second-order valence-corrected chi connectivity index (χ2v) is 7.06. The molecular weight excluding hydrogens is 346 g/mol. The second-order valence-electron chi connectivity index (χ2n) is 7.06. The molecule has 0 unspecified atom stereocenters. The summed E-state index contributed by atoms with van der Waals surface area (Å²) in [5, 5.41) is 12.9. The van der Waals surface area contributed by atoms with Crippen molar-refractivity contribution >= 4 is 17.1 Å². The smallest absolute Gasteiger partial charge is 0.332 e. The Kier molecular flexibility index (Phi) is 5.18. The SMILES string of the molecule is CC(C)[C@@H](CO)Nc1nc2c(c(=O)n(C)c(=O)n2C)n1Cc1ccccc1. The van der Waals surface area contributed by atoms with Crippen LogP contribution in [0.2, 0.25) is 0 Å². The van der Waals surface area contributed by atoms with Gasteiger partial charge in [0, 0.05) is 14.1 Å². The molecule has 3 aromatic rings. The van der Waals surface area contributed by atoms with E-state index in [4.69, 9.17) is 0 Å². The molecule has 8 heteroatoms. The summed E-state index contributed by atoms with van der Waals surface area (Å²) < 4.78 is 4.23. The van der Waals surface area contributed by atoms with Crippen molar-refractivity contribution in [1.29, 1.82) is 0 Å². The van der Waals surface area contributed by atoms with Gasteiger partial charge in [-0.2, -0.15) is 4.98 Å². The first-order valence-electron chi connectivity index (χ1n) is 8.92. The zero-order valence-electron chi connectivity index (χ0n) is 16.0. The van der Waals surface area contributed by atoms with Crippen molar-refractivity contribution in [3.8, 4) is 0 Å². The molecule has 0 bridgehead atoms. The van der Waals surface area contributed by atoms with Gasteiger partial charge in [0.05, 0.1) is 19.2 Å². The molecule has 2 aromatic heterocycles. The van der Waals surface area contributed by atoms with Crippen molar-refractivity contribution < 1.29 is 5.11 Å². The van der Waals surface area contributed by atoms with Crippen LogP contribution in [0.4, 0.5) is 5.95 Å². The second kappa shape index (κ2) is 7.40. The number of nitrogens with one attached hydrogen (secondary N) is 1. The van der Waals surface area contributed by atoms with Gasteiger partial charge in [-0.05, 0) is 11.5 Å². The van der Waals surface area contributed by atoms with Crippen LogP contribution in [0.3, 0.4) is 0 Å². The van der Waals surface area contributed by atoms with E-state index in [2.05, 4.69) is 10.3 Å². The molecule has 0 aliphatic rings. The van der Waals surface area contributed by atoms with Gasteiger partial charge in [0.15, 0.2) is 11.2 Å². The highest BCUT2D eigenvalue weighted by Gasteiger charge is 2.22. The minimum Gasteiger partial charge on any atom is -0.394 e. The Balaban J connectivity index is 2.25. The molecule has 2 heterocycles. The summed E-state index contributed by atoms with van der Waals surface area (Å²) in [6, 6.07) is 9.50. The van der Waals surface area contributed by atoms with Gasteiger partial charge in [-0.25, -0.2) is 4.79 Å². The number of nitrogens with zero attached hydrogens (tertiary/aromatic N) is 4. The molecule has 0 saturated carbocycles. The number of benzene rings is 1. The summed E-state index contributed by atoms with van der Waals surface area (Å²) >= 11 is 0. The van der Waals surface area contributed by atoms with Gasteiger partial charge >= 0.3 is 5.69 Å². The minimum atomic E-state index is -0.425. The van der Waals surface area contributed by atoms with E-state index in [-0.39, 0.29) is 18.6 Å². The predicted molar refractivity (Wildman–Crippen MR) is 105 cm³/mol. The standard InChI is InChI=1S/C19H25N5O3/c1-12(2)14(11-25)20-18-21-16-15(17(26)23(4)19(27)22(16)3)24(18)10-13-8-6-5-7-9-13/h5-9,12,14,25H,10-11H2,1-4H3,(H,20,21)/t14-/m1/s1. The molecule has 3 rings (SSSR count). The summed E-state index contributed by atoms with van der Waals surface area (Å²) in [7, 11) is 3.06. The van der Waals surface area contributed by atoms with E-state index in [1.54, 1.807) is 11.6 Å². The topological polar surface area (TPSA) is 94.1 Å². The van der Waals surface area contributed by atoms with Crippen LogP contribution in [0, 0.1) is 5.92 Å². The monoisotopic (exact) mass is 371 g/mol. The quantitative estimate of drug-likeness (QED) is 0.672. The molecule has 144 valence electrons. The number of rotatable bonds is 6. The molecule has 0 radical (unpaired) electrons. The zero-order valence-corrected chi connectivity index (χ0v) is 16.0.